The Morgan fingerprint density at radius 2 is 2.06 bits per heavy atom. The van der Waals surface area contributed by atoms with E-state index in [1.807, 2.05) is 24.3 Å². The van der Waals surface area contributed by atoms with Crippen LogP contribution in [-0.4, -0.2) is 43.2 Å². The molecule has 4 heteroatoms. The van der Waals surface area contributed by atoms with Gasteiger partial charge in [0.05, 0.1) is 0 Å². The van der Waals surface area contributed by atoms with Crippen LogP contribution in [0.2, 0.25) is 5.02 Å². The van der Waals surface area contributed by atoms with Crippen molar-refractivity contribution >= 4 is 11.6 Å². The first kappa shape index (κ1) is 13.7. The van der Waals surface area contributed by atoms with Crippen molar-refractivity contribution in [1.29, 1.82) is 0 Å². The molecule has 0 aromatic heterocycles. The summed E-state index contributed by atoms with van der Waals surface area (Å²) in [5.74, 6) is 0.845. The number of ether oxygens (including phenoxy) is 1. The van der Waals surface area contributed by atoms with Crippen LogP contribution in [0.5, 0.6) is 5.75 Å². The molecule has 1 fully saturated rings. The third kappa shape index (κ3) is 3.61. The van der Waals surface area contributed by atoms with Crippen LogP contribution in [-0.2, 0) is 0 Å². The average Bonchev–Trinajstić information content (AvgIpc) is 2.33. The molecule has 100 valence electrons. The molecule has 2 atom stereocenters. The predicted molar refractivity (Wildman–Crippen MR) is 75.4 cm³/mol. The maximum absolute atomic E-state index is 5.92. The molecule has 0 spiro atoms. The largest absolute Gasteiger partial charge is 0.492 e. The second kappa shape index (κ2) is 6.41. The number of piperazine rings is 1. The smallest absolute Gasteiger partial charge is 0.120 e. The molecule has 2 rings (SSSR count). The molecule has 1 aromatic carbocycles. The van der Waals surface area contributed by atoms with Gasteiger partial charge in [0, 0.05) is 36.7 Å². The van der Waals surface area contributed by atoms with Gasteiger partial charge < -0.3 is 10.1 Å². The van der Waals surface area contributed by atoms with Crippen LogP contribution in [0.4, 0.5) is 0 Å². The topological polar surface area (TPSA) is 24.5 Å². The lowest BCUT2D eigenvalue weighted by Gasteiger charge is -2.39. The molecule has 1 N–H and O–H groups in total. The minimum absolute atomic E-state index is 0.566. The number of hydrogen-bond acceptors (Lipinski definition) is 3. The summed E-state index contributed by atoms with van der Waals surface area (Å²) in [5, 5.41) is 4.15. The molecule has 0 aliphatic carbocycles. The Bertz CT molecular complexity index is 376. The number of halogens is 1. The second-order valence-electron chi connectivity index (χ2n) is 4.90. The average molecular weight is 269 g/mol. The van der Waals surface area contributed by atoms with Crippen LogP contribution in [0.25, 0.3) is 0 Å². The van der Waals surface area contributed by atoms with Crippen molar-refractivity contribution in [3.05, 3.63) is 29.3 Å². The number of benzene rings is 1. The van der Waals surface area contributed by atoms with Crippen LogP contribution < -0.4 is 10.1 Å². The van der Waals surface area contributed by atoms with Crippen LogP contribution in [0.15, 0.2) is 24.3 Å². The van der Waals surface area contributed by atoms with Gasteiger partial charge in [-0.15, -0.1) is 0 Å². The van der Waals surface area contributed by atoms with Gasteiger partial charge in [-0.2, -0.15) is 0 Å². The Morgan fingerprint density at radius 1 is 1.33 bits per heavy atom. The van der Waals surface area contributed by atoms with Crippen molar-refractivity contribution in [2.24, 2.45) is 0 Å². The summed E-state index contributed by atoms with van der Waals surface area (Å²) in [6.07, 6.45) is 0. The number of nitrogens with one attached hydrogen (secondary N) is 1. The third-order valence-corrected chi connectivity index (χ3v) is 3.66. The molecule has 0 bridgehead atoms. The van der Waals surface area contributed by atoms with E-state index in [1.54, 1.807) is 0 Å². The molecule has 0 radical (unpaired) electrons. The third-order valence-electron chi connectivity index (χ3n) is 3.43. The van der Waals surface area contributed by atoms with Crippen LogP contribution in [0, 0.1) is 0 Å². The number of hydrogen-bond donors (Lipinski definition) is 1. The fourth-order valence-electron chi connectivity index (χ4n) is 2.44. The monoisotopic (exact) mass is 268 g/mol. The van der Waals surface area contributed by atoms with Crippen LogP contribution >= 0.6 is 11.6 Å². The van der Waals surface area contributed by atoms with Crippen molar-refractivity contribution in [2.75, 3.05) is 26.2 Å². The fourth-order valence-corrected chi connectivity index (χ4v) is 2.62. The van der Waals surface area contributed by atoms with Crippen LogP contribution in [0.3, 0.4) is 0 Å². The lowest BCUT2D eigenvalue weighted by Crippen LogP contribution is -2.55. The Hall–Kier alpha value is -0.770. The van der Waals surface area contributed by atoms with Crippen LogP contribution in [0.1, 0.15) is 13.8 Å². The highest BCUT2D eigenvalue weighted by Gasteiger charge is 2.23. The van der Waals surface area contributed by atoms with E-state index < -0.39 is 0 Å². The van der Waals surface area contributed by atoms with Crippen molar-refractivity contribution in [1.82, 2.24) is 10.2 Å². The normalized spacial score (nSPS) is 25.1. The van der Waals surface area contributed by atoms with Crippen molar-refractivity contribution < 1.29 is 4.74 Å². The van der Waals surface area contributed by atoms with Crippen molar-refractivity contribution in [3.8, 4) is 5.75 Å². The van der Waals surface area contributed by atoms with E-state index in [4.69, 9.17) is 16.3 Å². The number of rotatable bonds is 4. The maximum Gasteiger partial charge on any atom is 0.120 e. The molecule has 1 saturated heterocycles. The van der Waals surface area contributed by atoms with Gasteiger partial charge in [0.2, 0.25) is 0 Å². The first-order chi connectivity index (χ1) is 8.66. The Kier molecular flexibility index (Phi) is 4.87. The molecule has 1 aliphatic rings. The summed E-state index contributed by atoms with van der Waals surface area (Å²) in [5.41, 5.74) is 0. The minimum atomic E-state index is 0.566. The van der Waals surface area contributed by atoms with Gasteiger partial charge in [-0.05, 0) is 32.0 Å². The molecule has 2 unspecified atom stereocenters. The quantitative estimate of drug-likeness (QED) is 0.908. The second-order valence-corrected chi connectivity index (χ2v) is 5.34. The van der Waals surface area contributed by atoms with E-state index in [0.717, 1.165) is 30.4 Å². The van der Waals surface area contributed by atoms with Gasteiger partial charge in [-0.3, -0.25) is 4.90 Å². The Labute approximate surface area is 114 Å². The zero-order chi connectivity index (χ0) is 13.0. The molecule has 18 heavy (non-hydrogen) atoms. The van der Waals surface area contributed by atoms with E-state index in [0.29, 0.717) is 18.7 Å². The zero-order valence-electron chi connectivity index (χ0n) is 11.0. The molecular weight excluding hydrogens is 248 g/mol. The molecule has 0 amide bonds. The summed E-state index contributed by atoms with van der Waals surface area (Å²) in [6, 6.07) is 8.69. The first-order valence-corrected chi connectivity index (χ1v) is 6.89. The molecule has 1 aromatic rings. The first-order valence-electron chi connectivity index (χ1n) is 6.51. The van der Waals surface area contributed by atoms with E-state index in [1.165, 1.54) is 0 Å². The standard InChI is InChI=1S/C14H21ClN2O/c1-11-9-16-10-12(2)17(11)6-7-18-14-5-3-4-13(15)8-14/h3-5,8,11-12,16H,6-7,9-10H2,1-2H3. The van der Waals surface area contributed by atoms with Crippen molar-refractivity contribution in [3.63, 3.8) is 0 Å². The lowest BCUT2D eigenvalue weighted by molar-refractivity contribution is 0.0966. The van der Waals surface area contributed by atoms with Gasteiger partial charge >= 0.3 is 0 Å². The Balaban J connectivity index is 1.81. The summed E-state index contributed by atoms with van der Waals surface area (Å²) in [4.78, 5) is 2.49. The minimum Gasteiger partial charge on any atom is -0.492 e. The highest BCUT2D eigenvalue weighted by atomic mass is 35.5. The van der Waals surface area contributed by atoms with E-state index in [2.05, 4.69) is 24.1 Å². The molecule has 1 aliphatic heterocycles. The molecule has 0 saturated carbocycles. The van der Waals surface area contributed by atoms with E-state index in [9.17, 15) is 0 Å². The van der Waals surface area contributed by atoms with Gasteiger partial charge in [-0.1, -0.05) is 17.7 Å². The lowest BCUT2D eigenvalue weighted by atomic mass is 10.1. The molecule has 3 nitrogen and oxygen atoms in total. The van der Waals surface area contributed by atoms with Gasteiger partial charge in [0.1, 0.15) is 12.4 Å². The fraction of sp³-hybridized carbons (Fsp3) is 0.571. The van der Waals surface area contributed by atoms with E-state index >= 15 is 0 Å². The highest BCUT2D eigenvalue weighted by molar-refractivity contribution is 6.30. The zero-order valence-corrected chi connectivity index (χ0v) is 11.8. The molecule has 1 heterocycles. The van der Waals surface area contributed by atoms with Gasteiger partial charge in [0.25, 0.3) is 0 Å². The maximum atomic E-state index is 5.92. The summed E-state index contributed by atoms with van der Waals surface area (Å²) in [6.45, 7) is 8.28. The van der Waals surface area contributed by atoms with Gasteiger partial charge in [-0.25, -0.2) is 0 Å². The van der Waals surface area contributed by atoms with Gasteiger partial charge in [0.15, 0.2) is 0 Å². The summed E-state index contributed by atoms with van der Waals surface area (Å²) < 4.78 is 5.74. The predicted octanol–water partition coefficient (Wildman–Crippen LogP) is 2.40. The van der Waals surface area contributed by atoms with E-state index in [-0.39, 0.29) is 0 Å². The highest BCUT2D eigenvalue weighted by Crippen LogP contribution is 2.17. The SMILES string of the molecule is CC1CNCC(C)N1CCOc1cccc(Cl)c1. The Morgan fingerprint density at radius 3 is 2.72 bits per heavy atom. The number of nitrogens with zero attached hydrogens (tertiary/aromatic N) is 1. The summed E-state index contributed by atoms with van der Waals surface area (Å²) in [7, 11) is 0. The molecular formula is C14H21ClN2O. The summed E-state index contributed by atoms with van der Waals surface area (Å²) >= 11 is 5.92. The van der Waals surface area contributed by atoms with Crippen molar-refractivity contribution in [2.45, 2.75) is 25.9 Å².